The van der Waals surface area contributed by atoms with Gasteiger partial charge in [-0.3, -0.25) is 14.4 Å². The molecule has 2 saturated heterocycles. The Morgan fingerprint density at radius 1 is 0.971 bits per heavy atom. The van der Waals surface area contributed by atoms with Crippen LogP contribution in [0, 0.1) is 5.82 Å². The molecule has 0 atom stereocenters. The SMILES string of the molecule is NC(=O)c1cc(C(=O)NCCCN2CCCC2=O)ccc1N1CCN(c2ccccc2F)CC1. The first-order chi connectivity index (χ1) is 16.4. The maximum atomic E-state index is 14.1. The van der Waals surface area contributed by atoms with E-state index in [1.54, 1.807) is 24.3 Å². The standard InChI is InChI=1S/C25H30FN5O3/c26-20-5-1-2-6-22(20)30-15-13-29(14-16-30)21-9-8-18(17-19(21)24(27)33)25(34)28-10-4-12-31-11-3-7-23(31)32/h1-2,5-6,8-9,17H,3-4,7,10-16H2,(H2,27,33)(H,28,34). The highest BCUT2D eigenvalue weighted by atomic mass is 19.1. The number of amides is 3. The molecule has 2 aliphatic heterocycles. The van der Waals surface area contributed by atoms with Gasteiger partial charge >= 0.3 is 0 Å². The number of piperazine rings is 1. The molecule has 180 valence electrons. The Balaban J connectivity index is 1.36. The average molecular weight is 468 g/mol. The van der Waals surface area contributed by atoms with E-state index in [-0.39, 0.29) is 23.2 Å². The number of para-hydroxylation sites is 1. The van der Waals surface area contributed by atoms with Crippen LogP contribution < -0.4 is 20.9 Å². The normalized spacial score (nSPS) is 16.1. The van der Waals surface area contributed by atoms with Crippen LogP contribution in [0.1, 0.15) is 40.0 Å². The molecule has 0 aromatic heterocycles. The first-order valence-corrected chi connectivity index (χ1v) is 11.7. The van der Waals surface area contributed by atoms with Crippen molar-refractivity contribution in [2.24, 2.45) is 5.73 Å². The molecule has 9 heteroatoms. The lowest BCUT2D eigenvalue weighted by molar-refractivity contribution is -0.127. The summed E-state index contributed by atoms with van der Waals surface area (Å²) in [6.45, 7) is 4.23. The second kappa shape index (κ2) is 10.5. The van der Waals surface area contributed by atoms with E-state index in [1.165, 1.54) is 12.1 Å². The molecular weight excluding hydrogens is 437 g/mol. The molecule has 0 saturated carbocycles. The van der Waals surface area contributed by atoms with Crippen molar-refractivity contribution in [1.82, 2.24) is 10.2 Å². The molecule has 2 aromatic carbocycles. The zero-order valence-electron chi connectivity index (χ0n) is 19.1. The Hall–Kier alpha value is -3.62. The van der Waals surface area contributed by atoms with E-state index in [9.17, 15) is 18.8 Å². The molecule has 3 amide bonds. The van der Waals surface area contributed by atoms with Crippen LogP contribution in [0.5, 0.6) is 0 Å². The van der Waals surface area contributed by atoms with E-state index >= 15 is 0 Å². The van der Waals surface area contributed by atoms with Crippen LogP contribution >= 0.6 is 0 Å². The number of hydrogen-bond donors (Lipinski definition) is 2. The predicted molar refractivity (Wildman–Crippen MR) is 129 cm³/mol. The van der Waals surface area contributed by atoms with E-state index < -0.39 is 5.91 Å². The second-order valence-electron chi connectivity index (χ2n) is 8.62. The Morgan fingerprint density at radius 2 is 1.68 bits per heavy atom. The highest BCUT2D eigenvalue weighted by molar-refractivity contribution is 6.03. The van der Waals surface area contributed by atoms with Crippen LogP contribution in [-0.2, 0) is 4.79 Å². The van der Waals surface area contributed by atoms with Gasteiger partial charge in [0.15, 0.2) is 0 Å². The van der Waals surface area contributed by atoms with Gasteiger partial charge in [-0.05, 0) is 43.2 Å². The molecule has 2 aliphatic rings. The quantitative estimate of drug-likeness (QED) is 0.579. The fourth-order valence-electron chi connectivity index (χ4n) is 4.56. The minimum Gasteiger partial charge on any atom is -0.367 e. The summed E-state index contributed by atoms with van der Waals surface area (Å²) >= 11 is 0. The lowest BCUT2D eigenvalue weighted by Gasteiger charge is -2.38. The van der Waals surface area contributed by atoms with Gasteiger partial charge in [-0.15, -0.1) is 0 Å². The van der Waals surface area contributed by atoms with Crippen molar-refractivity contribution < 1.29 is 18.8 Å². The maximum Gasteiger partial charge on any atom is 0.251 e. The molecule has 2 aromatic rings. The number of likely N-dealkylation sites (tertiary alicyclic amines) is 1. The van der Waals surface area contributed by atoms with E-state index in [2.05, 4.69) is 5.32 Å². The van der Waals surface area contributed by atoms with Crippen LogP contribution in [-0.4, -0.2) is 68.4 Å². The summed E-state index contributed by atoms with van der Waals surface area (Å²) in [7, 11) is 0. The zero-order valence-corrected chi connectivity index (χ0v) is 19.1. The summed E-state index contributed by atoms with van der Waals surface area (Å²) in [5.41, 5.74) is 7.52. The summed E-state index contributed by atoms with van der Waals surface area (Å²) in [4.78, 5) is 42.3. The van der Waals surface area contributed by atoms with E-state index in [0.29, 0.717) is 69.0 Å². The average Bonchev–Trinajstić information content (AvgIpc) is 3.26. The molecule has 3 N–H and O–H groups in total. The van der Waals surface area contributed by atoms with Crippen LogP contribution in [0.4, 0.5) is 15.8 Å². The number of rotatable bonds is 8. The highest BCUT2D eigenvalue weighted by Gasteiger charge is 2.23. The summed E-state index contributed by atoms with van der Waals surface area (Å²) in [6, 6.07) is 11.6. The monoisotopic (exact) mass is 467 g/mol. The van der Waals surface area contributed by atoms with Gasteiger partial charge in [0.25, 0.3) is 11.8 Å². The van der Waals surface area contributed by atoms with Crippen LogP contribution in [0.15, 0.2) is 42.5 Å². The van der Waals surface area contributed by atoms with E-state index in [1.807, 2.05) is 20.8 Å². The van der Waals surface area contributed by atoms with Crippen LogP contribution in [0.25, 0.3) is 0 Å². The smallest absolute Gasteiger partial charge is 0.251 e. The Labute approximate surface area is 198 Å². The number of hydrogen-bond acceptors (Lipinski definition) is 5. The van der Waals surface area contributed by atoms with E-state index in [4.69, 9.17) is 5.73 Å². The molecule has 34 heavy (non-hydrogen) atoms. The summed E-state index contributed by atoms with van der Waals surface area (Å²) in [5.74, 6) is -0.973. The third kappa shape index (κ3) is 5.30. The summed E-state index contributed by atoms with van der Waals surface area (Å²) < 4.78 is 14.1. The first kappa shape index (κ1) is 23.5. The summed E-state index contributed by atoms with van der Waals surface area (Å²) in [6.07, 6.45) is 2.17. The van der Waals surface area contributed by atoms with Crippen molar-refractivity contribution in [2.45, 2.75) is 19.3 Å². The van der Waals surface area contributed by atoms with Crippen molar-refractivity contribution in [3.05, 3.63) is 59.4 Å². The number of primary amides is 1. The number of carbonyl (C=O) groups is 3. The number of halogens is 1. The van der Waals surface area contributed by atoms with Gasteiger partial charge in [-0.25, -0.2) is 4.39 Å². The zero-order chi connectivity index (χ0) is 24.1. The lowest BCUT2D eigenvalue weighted by Crippen LogP contribution is -2.47. The largest absolute Gasteiger partial charge is 0.367 e. The minimum atomic E-state index is -0.603. The fourth-order valence-corrected chi connectivity index (χ4v) is 4.56. The van der Waals surface area contributed by atoms with Gasteiger partial charge in [0.2, 0.25) is 5.91 Å². The Morgan fingerprint density at radius 3 is 2.32 bits per heavy atom. The molecule has 2 fully saturated rings. The fraction of sp³-hybridized carbons (Fsp3) is 0.400. The minimum absolute atomic E-state index is 0.169. The molecule has 0 radical (unpaired) electrons. The molecule has 0 aliphatic carbocycles. The number of nitrogens with one attached hydrogen (secondary N) is 1. The van der Waals surface area contributed by atoms with Crippen molar-refractivity contribution >= 4 is 29.1 Å². The van der Waals surface area contributed by atoms with Crippen LogP contribution in [0.2, 0.25) is 0 Å². The van der Waals surface area contributed by atoms with Crippen molar-refractivity contribution in [3.63, 3.8) is 0 Å². The number of anilines is 2. The lowest BCUT2D eigenvalue weighted by atomic mass is 10.1. The molecule has 0 spiro atoms. The molecule has 8 nitrogen and oxygen atoms in total. The second-order valence-corrected chi connectivity index (χ2v) is 8.62. The molecule has 0 bridgehead atoms. The molecule has 0 unspecified atom stereocenters. The molecular formula is C25H30FN5O3. The predicted octanol–water partition coefficient (Wildman–Crippen LogP) is 1.99. The van der Waals surface area contributed by atoms with Gasteiger partial charge in [0, 0.05) is 63.5 Å². The summed E-state index contributed by atoms with van der Waals surface area (Å²) in [5, 5.41) is 2.85. The number of benzene rings is 2. The van der Waals surface area contributed by atoms with Gasteiger partial charge in [0.1, 0.15) is 5.82 Å². The maximum absolute atomic E-state index is 14.1. The van der Waals surface area contributed by atoms with Gasteiger partial charge in [-0.1, -0.05) is 12.1 Å². The topological polar surface area (TPSA) is 99.0 Å². The van der Waals surface area contributed by atoms with Crippen molar-refractivity contribution in [2.75, 3.05) is 55.6 Å². The van der Waals surface area contributed by atoms with E-state index in [0.717, 1.165) is 13.0 Å². The van der Waals surface area contributed by atoms with Gasteiger partial charge in [-0.2, -0.15) is 0 Å². The highest BCUT2D eigenvalue weighted by Crippen LogP contribution is 2.26. The molecule has 2 heterocycles. The van der Waals surface area contributed by atoms with Crippen molar-refractivity contribution in [1.29, 1.82) is 0 Å². The number of nitrogens with two attached hydrogens (primary N) is 1. The third-order valence-corrected chi connectivity index (χ3v) is 6.40. The number of carbonyl (C=O) groups excluding carboxylic acids is 3. The Bertz CT molecular complexity index is 1070. The van der Waals surface area contributed by atoms with Crippen LogP contribution in [0.3, 0.4) is 0 Å². The van der Waals surface area contributed by atoms with Gasteiger partial charge in [0.05, 0.1) is 11.3 Å². The third-order valence-electron chi connectivity index (χ3n) is 6.40. The first-order valence-electron chi connectivity index (χ1n) is 11.7. The van der Waals surface area contributed by atoms with Crippen molar-refractivity contribution in [3.8, 4) is 0 Å². The number of nitrogens with zero attached hydrogens (tertiary/aromatic N) is 3. The Kier molecular flexibility index (Phi) is 7.30. The molecule has 4 rings (SSSR count). The van der Waals surface area contributed by atoms with Gasteiger partial charge < -0.3 is 25.8 Å².